The molecule has 0 bridgehead atoms. The fourth-order valence-corrected chi connectivity index (χ4v) is 2.52. The van der Waals surface area contributed by atoms with E-state index in [4.69, 9.17) is 4.74 Å². The number of carbonyl (C=O) groups excluding carboxylic acids is 1. The summed E-state index contributed by atoms with van der Waals surface area (Å²) in [4.78, 5) is 16.2. The Balaban J connectivity index is 1.93. The number of carbonyl (C=O) groups is 1. The van der Waals surface area contributed by atoms with Crippen molar-refractivity contribution < 1.29 is 9.53 Å². The van der Waals surface area contributed by atoms with Crippen LogP contribution in [0.1, 0.15) is 16.7 Å². The Morgan fingerprint density at radius 1 is 1.14 bits per heavy atom. The van der Waals surface area contributed by atoms with E-state index in [1.54, 1.807) is 6.08 Å². The summed E-state index contributed by atoms with van der Waals surface area (Å²) >= 11 is 2.21. The predicted molar refractivity (Wildman–Crippen MR) is 90.9 cm³/mol. The standard InChI is InChI=1S/C17H12INO2/c1-11-5-7-12(8-6-11)9-15-17(20)21-16(19-15)13-3-2-4-14(18)10-13/h2-10H,1H3/b15-9-. The number of ether oxygens (including phenoxy) is 1. The highest BCUT2D eigenvalue weighted by molar-refractivity contribution is 14.1. The quantitative estimate of drug-likeness (QED) is 0.443. The Hall–Kier alpha value is -1.95. The molecule has 1 heterocycles. The molecule has 0 saturated carbocycles. The zero-order valence-electron chi connectivity index (χ0n) is 11.3. The second-order valence-electron chi connectivity index (χ2n) is 4.76. The molecule has 3 nitrogen and oxygen atoms in total. The summed E-state index contributed by atoms with van der Waals surface area (Å²) in [5, 5.41) is 0. The fourth-order valence-electron chi connectivity index (χ4n) is 1.97. The van der Waals surface area contributed by atoms with Gasteiger partial charge in [0.25, 0.3) is 0 Å². The van der Waals surface area contributed by atoms with Crippen LogP contribution >= 0.6 is 22.6 Å². The van der Waals surface area contributed by atoms with Crippen LogP contribution in [-0.4, -0.2) is 11.9 Å². The van der Waals surface area contributed by atoms with Gasteiger partial charge >= 0.3 is 5.97 Å². The molecule has 0 aliphatic carbocycles. The number of aryl methyl sites for hydroxylation is 1. The first kappa shape index (κ1) is 14.0. The summed E-state index contributed by atoms with van der Waals surface area (Å²) < 4.78 is 6.32. The van der Waals surface area contributed by atoms with E-state index in [0.717, 1.165) is 14.7 Å². The van der Waals surface area contributed by atoms with Crippen molar-refractivity contribution >= 4 is 40.5 Å². The van der Waals surface area contributed by atoms with E-state index >= 15 is 0 Å². The van der Waals surface area contributed by atoms with E-state index < -0.39 is 5.97 Å². The third-order valence-electron chi connectivity index (χ3n) is 3.07. The zero-order chi connectivity index (χ0) is 14.8. The highest BCUT2D eigenvalue weighted by Crippen LogP contribution is 2.20. The number of hydrogen-bond donors (Lipinski definition) is 0. The van der Waals surface area contributed by atoms with Crippen LogP contribution in [0, 0.1) is 10.5 Å². The minimum atomic E-state index is -0.413. The maximum Gasteiger partial charge on any atom is 0.363 e. The lowest BCUT2D eigenvalue weighted by atomic mass is 10.1. The number of esters is 1. The topological polar surface area (TPSA) is 38.7 Å². The van der Waals surface area contributed by atoms with Crippen LogP contribution in [0.3, 0.4) is 0 Å². The summed E-state index contributed by atoms with van der Waals surface area (Å²) in [5.41, 5.74) is 3.24. The van der Waals surface area contributed by atoms with Crippen LogP contribution < -0.4 is 0 Å². The van der Waals surface area contributed by atoms with E-state index in [2.05, 4.69) is 27.6 Å². The van der Waals surface area contributed by atoms with Gasteiger partial charge in [-0.3, -0.25) is 0 Å². The van der Waals surface area contributed by atoms with Gasteiger partial charge in [-0.05, 0) is 59.4 Å². The number of benzene rings is 2. The van der Waals surface area contributed by atoms with E-state index in [0.29, 0.717) is 11.6 Å². The molecule has 2 aromatic carbocycles. The van der Waals surface area contributed by atoms with Crippen molar-refractivity contribution in [2.75, 3.05) is 0 Å². The van der Waals surface area contributed by atoms with Gasteiger partial charge in [0.05, 0.1) is 0 Å². The Morgan fingerprint density at radius 3 is 2.62 bits per heavy atom. The van der Waals surface area contributed by atoms with Gasteiger partial charge in [-0.25, -0.2) is 9.79 Å². The van der Waals surface area contributed by atoms with Gasteiger partial charge in [0.1, 0.15) is 0 Å². The zero-order valence-corrected chi connectivity index (χ0v) is 13.5. The first-order valence-corrected chi connectivity index (χ1v) is 7.55. The monoisotopic (exact) mass is 389 g/mol. The average Bonchev–Trinajstić information content (AvgIpc) is 2.83. The second kappa shape index (κ2) is 5.81. The molecule has 0 N–H and O–H groups in total. The van der Waals surface area contributed by atoms with Crippen LogP contribution in [0.4, 0.5) is 0 Å². The molecule has 0 unspecified atom stereocenters. The first-order valence-electron chi connectivity index (χ1n) is 6.47. The van der Waals surface area contributed by atoms with Crippen molar-refractivity contribution in [3.63, 3.8) is 0 Å². The van der Waals surface area contributed by atoms with Gasteiger partial charge in [0.15, 0.2) is 5.70 Å². The average molecular weight is 389 g/mol. The maximum absolute atomic E-state index is 11.9. The molecule has 1 aliphatic rings. The highest BCUT2D eigenvalue weighted by Gasteiger charge is 2.24. The first-order chi connectivity index (χ1) is 10.1. The van der Waals surface area contributed by atoms with Crippen molar-refractivity contribution in [2.24, 2.45) is 4.99 Å². The number of rotatable bonds is 2. The van der Waals surface area contributed by atoms with Crippen molar-refractivity contribution in [2.45, 2.75) is 6.92 Å². The molecule has 0 amide bonds. The maximum atomic E-state index is 11.9. The third kappa shape index (κ3) is 3.21. The largest absolute Gasteiger partial charge is 0.402 e. The number of halogens is 1. The minimum absolute atomic E-state index is 0.327. The molecule has 0 saturated heterocycles. The molecule has 4 heteroatoms. The highest BCUT2D eigenvalue weighted by atomic mass is 127. The smallest absolute Gasteiger partial charge is 0.363 e. The lowest BCUT2D eigenvalue weighted by molar-refractivity contribution is -0.129. The van der Waals surface area contributed by atoms with Gasteiger partial charge < -0.3 is 4.74 Å². The van der Waals surface area contributed by atoms with E-state index in [1.807, 2.05) is 55.5 Å². The molecule has 21 heavy (non-hydrogen) atoms. The van der Waals surface area contributed by atoms with Crippen LogP contribution in [0.25, 0.3) is 6.08 Å². The minimum Gasteiger partial charge on any atom is -0.402 e. The molecule has 0 aromatic heterocycles. The van der Waals surface area contributed by atoms with Crippen LogP contribution in [-0.2, 0) is 9.53 Å². The van der Waals surface area contributed by atoms with Gasteiger partial charge in [0, 0.05) is 9.13 Å². The van der Waals surface area contributed by atoms with Crippen molar-refractivity contribution in [1.29, 1.82) is 0 Å². The van der Waals surface area contributed by atoms with Crippen molar-refractivity contribution in [3.05, 3.63) is 74.5 Å². The number of aliphatic imine (C=N–C) groups is 1. The van der Waals surface area contributed by atoms with Gasteiger partial charge in [0.2, 0.25) is 5.90 Å². The van der Waals surface area contributed by atoms with Crippen molar-refractivity contribution in [3.8, 4) is 0 Å². The predicted octanol–water partition coefficient (Wildman–Crippen LogP) is 3.94. The molecular weight excluding hydrogens is 377 g/mol. The third-order valence-corrected chi connectivity index (χ3v) is 3.74. The normalized spacial score (nSPS) is 16.0. The Labute approximate surface area is 136 Å². The van der Waals surface area contributed by atoms with E-state index in [-0.39, 0.29) is 0 Å². The van der Waals surface area contributed by atoms with Crippen molar-refractivity contribution in [1.82, 2.24) is 0 Å². The summed E-state index contributed by atoms with van der Waals surface area (Å²) in [7, 11) is 0. The number of hydrogen-bond acceptors (Lipinski definition) is 3. The van der Waals surface area contributed by atoms with Gasteiger partial charge in [-0.15, -0.1) is 0 Å². The summed E-state index contributed by atoms with van der Waals surface area (Å²) in [6.07, 6.45) is 1.74. The molecule has 0 atom stereocenters. The molecule has 1 aliphatic heterocycles. The van der Waals surface area contributed by atoms with Crippen LogP contribution in [0.2, 0.25) is 0 Å². The van der Waals surface area contributed by atoms with Crippen LogP contribution in [0.15, 0.2) is 59.2 Å². The molecule has 104 valence electrons. The van der Waals surface area contributed by atoms with E-state index in [1.165, 1.54) is 5.56 Å². The SMILES string of the molecule is Cc1ccc(/C=C2\N=C(c3cccc(I)c3)OC2=O)cc1. The Kier molecular flexibility index (Phi) is 3.88. The number of nitrogens with zero attached hydrogens (tertiary/aromatic N) is 1. The van der Waals surface area contributed by atoms with E-state index in [9.17, 15) is 4.79 Å². The molecule has 0 radical (unpaired) electrons. The molecule has 3 rings (SSSR count). The molecule has 0 spiro atoms. The molecule has 2 aromatic rings. The van der Waals surface area contributed by atoms with Gasteiger partial charge in [-0.1, -0.05) is 35.9 Å². The van der Waals surface area contributed by atoms with Gasteiger partial charge in [-0.2, -0.15) is 0 Å². The Morgan fingerprint density at radius 2 is 1.90 bits per heavy atom. The summed E-state index contributed by atoms with van der Waals surface area (Å²) in [6, 6.07) is 15.6. The fraction of sp³-hybridized carbons (Fsp3) is 0.0588. The van der Waals surface area contributed by atoms with Crippen LogP contribution in [0.5, 0.6) is 0 Å². The lowest BCUT2D eigenvalue weighted by Crippen LogP contribution is -2.05. The summed E-state index contributed by atoms with van der Waals surface area (Å²) in [6.45, 7) is 2.02. The number of cyclic esters (lactones) is 1. The molecule has 0 fully saturated rings. The summed E-state index contributed by atoms with van der Waals surface area (Å²) in [5.74, 6) is -0.0543. The molecular formula is C17H12INO2. The lowest BCUT2D eigenvalue weighted by Gasteiger charge is -1.99. The Bertz CT molecular complexity index is 761. The second-order valence-corrected chi connectivity index (χ2v) is 6.00.